The molecule has 2 rings (SSSR count). The third kappa shape index (κ3) is 4.97. The van der Waals surface area contributed by atoms with E-state index < -0.39 is 0 Å². The summed E-state index contributed by atoms with van der Waals surface area (Å²) in [4.78, 5) is 4.88. The Labute approximate surface area is 124 Å². The first-order valence-corrected chi connectivity index (χ1v) is 8.11. The summed E-state index contributed by atoms with van der Waals surface area (Å²) in [6.07, 6.45) is 0. The Morgan fingerprint density at radius 2 is 1.80 bits per heavy atom. The molecule has 1 saturated heterocycles. The Bertz CT molecular complexity index is 380. The SMILES string of the molecule is CCOCCN1CCN(Cc2nnc(OCC)s2)CC1. The molecule has 1 aromatic rings. The molecule has 7 heteroatoms. The van der Waals surface area contributed by atoms with Gasteiger partial charge in [0.1, 0.15) is 5.01 Å². The van der Waals surface area contributed by atoms with Gasteiger partial charge >= 0.3 is 0 Å². The second-order valence-electron chi connectivity index (χ2n) is 4.71. The Kier molecular flexibility index (Phi) is 6.65. The Hall–Kier alpha value is -0.760. The van der Waals surface area contributed by atoms with Crippen molar-refractivity contribution in [1.29, 1.82) is 0 Å². The summed E-state index contributed by atoms with van der Waals surface area (Å²) >= 11 is 1.55. The van der Waals surface area contributed by atoms with E-state index in [1.54, 1.807) is 11.3 Å². The van der Waals surface area contributed by atoms with Crippen molar-refractivity contribution >= 4 is 11.3 Å². The average Bonchev–Trinajstić information content (AvgIpc) is 2.89. The monoisotopic (exact) mass is 300 g/mol. The number of rotatable bonds is 8. The minimum absolute atomic E-state index is 0.646. The maximum Gasteiger partial charge on any atom is 0.294 e. The molecule has 0 N–H and O–H groups in total. The van der Waals surface area contributed by atoms with Crippen molar-refractivity contribution in [3.05, 3.63) is 5.01 Å². The minimum Gasteiger partial charge on any atom is -0.469 e. The lowest BCUT2D eigenvalue weighted by Crippen LogP contribution is -2.46. The van der Waals surface area contributed by atoms with Crippen LogP contribution in [0.15, 0.2) is 0 Å². The second-order valence-corrected chi connectivity index (χ2v) is 5.73. The van der Waals surface area contributed by atoms with Crippen LogP contribution in [0.1, 0.15) is 18.9 Å². The highest BCUT2D eigenvalue weighted by atomic mass is 32.1. The highest BCUT2D eigenvalue weighted by Crippen LogP contribution is 2.19. The largest absolute Gasteiger partial charge is 0.469 e. The molecule has 0 atom stereocenters. The van der Waals surface area contributed by atoms with Crippen molar-refractivity contribution < 1.29 is 9.47 Å². The topological polar surface area (TPSA) is 50.7 Å². The zero-order valence-electron chi connectivity index (χ0n) is 12.4. The van der Waals surface area contributed by atoms with Crippen LogP contribution in [0.2, 0.25) is 0 Å². The van der Waals surface area contributed by atoms with Crippen molar-refractivity contribution in [3.8, 4) is 5.19 Å². The van der Waals surface area contributed by atoms with Gasteiger partial charge in [-0.25, -0.2) is 0 Å². The van der Waals surface area contributed by atoms with Crippen LogP contribution in [0.4, 0.5) is 0 Å². The molecular formula is C13H24N4O2S. The van der Waals surface area contributed by atoms with Crippen molar-refractivity contribution in [2.45, 2.75) is 20.4 Å². The molecule has 0 spiro atoms. The summed E-state index contributed by atoms with van der Waals surface area (Å²) in [6, 6.07) is 0. The molecule has 0 amide bonds. The molecule has 2 heterocycles. The van der Waals surface area contributed by atoms with E-state index in [4.69, 9.17) is 9.47 Å². The Balaban J connectivity index is 1.68. The molecule has 0 saturated carbocycles. The zero-order chi connectivity index (χ0) is 14.2. The van der Waals surface area contributed by atoms with Crippen molar-refractivity contribution in [3.63, 3.8) is 0 Å². The van der Waals surface area contributed by atoms with E-state index in [0.717, 1.165) is 57.5 Å². The van der Waals surface area contributed by atoms with Gasteiger partial charge < -0.3 is 9.47 Å². The van der Waals surface area contributed by atoms with E-state index in [1.165, 1.54) is 0 Å². The summed E-state index contributed by atoms with van der Waals surface area (Å²) in [7, 11) is 0. The molecular weight excluding hydrogens is 276 g/mol. The number of hydrogen-bond acceptors (Lipinski definition) is 7. The van der Waals surface area contributed by atoms with Gasteiger partial charge in [0.05, 0.1) is 19.8 Å². The first kappa shape index (κ1) is 15.6. The maximum absolute atomic E-state index is 5.40. The summed E-state index contributed by atoms with van der Waals surface area (Å²) in [6.45, 7) is 12.6. The molecule has 1 aliphatic rings. The van der Waals surface area contributed by atoms with Gasteiger partial charge in [0, 0.05) is 39.3 Å². The average molecular weight is 300 g/mol. The summed E-state index contributed by atoms with van der Waals surface area (Å²) in [5.74, 6) is 0. The van der Waals surface area contributed by atoms with E-state index in [1.807, 2.05) is 13.8 Å². The Morgan fingerprint density at radius 3 is 2.50 bits per heavy atom. The second kappa shape index (κ2) is 8.51. The standard InChI is InChI=1S/C13H24N4O2S/c1-3-18-10-9-16-5-7-17(8-6-16)11-12-14-15-13(20-12)19-4-2/h3-11H2,1-2H3. The molecule has 0 unspecified atom stereocenters. The van der Waals surface area contributed by atoms with Crippen LogP contribution in [0.3, 0.4) is 0 Å². The first-order chi connectivity index (χ1) is 9.81. The van der Waals surface area contributed by atoms with Crippen molar-refractivity contribution in [1.82, 2.24) is 20.0 Å². The first-order valence-electron chi connectivity index (χ1n) is 7.29. The highest BCUT2D eigenvalue weighted by Gasteiger charge is 2.18. The predicted molar refractivity (Wildman–Crippen MR) is 79.3 cm³/mol. The molecule has 0 radical (unpaired) electrons. The molecule has 1 aliphatic heterocycles. The summed E-state index contributed by atoms with van der Waals surface area (Å²) < 4.78 is 10.8. The Morgan fingerprint density at radius 1 is 1.05 bits per heavy atom. The lowest BCUT2D eigenvalue weighted by molar-refractivity contribution is 0.0785. The summed E-state index contributed by atoms with van der Waals surface area (Å²) in [5, 5.41) is 9.92. The zero-order valence-corrected chi connectivity index (χ0v) is 13.2. The van der Waals surface area contributed by atoms with Crippen LogP contribution < -0.4 is 4.74 Å². The molecule has 0 aromatic carbocycles. The van der Waals surface area contributed by atoms with Gasteiger partial charge in [0.2, 0.25) is 0 Å². The normalized spacial score (nSPS) is 17.5. The van der Waals surface area contributed by atoms with Crippen LogP contribution >= 0.6 is 11.3 Å². The molecule has 1 fully saturated rings. The number of hydrogen-bond donors (Lipinski definition) is 0. The van der Waals surface area contributed by atoms with Gasteiger partial charge in [0.25, 0.3) is 5.19 Å². The quantitative estimate of drug-likeness (QED) is 0.670. The van der Waals surface area contributed by atoms with Crippen LogP contribution in [0, 0.1) is 0 Å². The van der Waals surface area contributed by atoms with Crippen LogP contribution in [-0.2, 0) is 11.3 Å². The van der Waals surface area contributed by atoms with Crippen LogP contribution in [-0.4, -0.2) is 72.5 Å². The van der Waals surface area contributed by atoms with Crippen molar-refractivity contribution in [2.75, 3.05) is 52.5 Å². The van der Waals surface area contributed by atoms with Crippen LogP contribution in [0.25, 0.3) is 0 Å². The third-order valence-corrected chi connectivity index (χ3v) is 4.12. The fourth-order valence-corrected chi connectivity index (χ4v) is 2.97. The molecule has 6 nitrogen and oxygen atoms in total. The van der Waals surface area contributed by atoms with Gasteiger partial charge in [-0.1, -0.05) is 11.3 Å². The number of aromatic nitrogens is 2. The fraction of sp³-hybridized carbons (Fsp3) is 0.846. The van der Waals surface area contributed by atoms with Gasteiger partial charge in [-0.3, -0.25) is 9.80 Å². The van der Waals surface area contributed by atoms with Gasteiger partial charge in [-0.15, -0.1) is 10.2 Å². The van der Waals surface area contributed by atoms with E-state index in [-0.39, 0.29) is 0 Å². The predicted octanol–water partition coefficient (Wildman–Crippen LogP) is 1.09. The molecule has 0 aliphatic carbocycles. The van der Waals surface area contributed by atoms with E-state index >= 15 is 0 Å². The van der Waals surface area contributed by atoms with E-state index in [0.29, 0.717) is 11.8 Å². The molecule has 114 valence electrons. The van der Waals surface area contributed by atoms with Gasteiger partial charge in [-0.05, 0) is 13.8 Å². The van der Waals surface area contributed by atoms with E-state index in [2.05, 4.69) is 20.0 Å². The molecule has 0 bridgehead atoms. The smallest absolute Gasteiger partial charge is 0.294 e. The number of nitrogens with zero attached hydrogens (tertiary/aromatic N) is 4. The molecule has 20 heavy (non-hydrogen) atoms. The van der Waals surface area contributed by atoms with Gasteiger partial charge in [0.15, 0.2) is 0 Å². The molecule has 1 aromatic heterocycles. The highest BCUT2D eigenvalue weighted by molar-refractivity contribution is 7.13. The van der Waals surface area contributed by atoms with Crippen LogP contribution in [0.5, 0.6) is 5.19 Å². The minimum atomic E-state index is 0.646. The lowest BCUT2D eigenvalue weighted by atomic mass is 10.3. The number of ether oxygens (including phenoxy) is 2. The third-order valence-electron chi connectivity index (χ3n) is 3.30. The number of piperazine rings is 1. The van der Waals surface area contributed by atoms with Crippen molar-refractivity contribution in [2.24, 2.45) is 0 Å². The summed E-state index contributed by atoms with van der Waals surface area (Å²) in [5.41, 5.74) is 0. The van der Waals surface area contributed by atoms with E-state index in [9.17, 15) is 0 Å². The lowest BCUT2D eigenvalue weighted by Gasteiger charge is -2.33. The maximum atomic E-state index is 5.40. The fourth-order valence-electron chi connectivity index (χ4n) is 2.18. The van der Waals surface area contributed by atoms with Gasteiger partial charge in [-0.2, -0.15) is 0 Å².